The molecule has 0 atom stereocenters. The van der Waals surface area contributed by atoms with Crippen molar-refractivity contribution >= 4 is 74.1 Å². The van der Waals surface area contributed by atoms with Crippen molar-refractivity contribution < 1.29 is 12.3 Å². The van der Waals surface area contributed by atoms with E-state index in [0.29, 0.717) is 14.5 Å². The van der Waals surface area contributed by atoms with Crippen molar-refractivity contribution in [1.82, 2.24) is 4.98 Å². The molecular weight excluding hydrogens is 462 g/mol. The fourth-order valence-electron chi connectivity index (χ4n) is 1.33. The predicted molar refractivity (Wildman–Crippen MR) is 75.4 cm³/mol. The molecule has 1 aromatic carbocycles. The summed E-state index contributed by atoms with van der Waals surface area (Å²) in [7, 11) is 0. The molecule has 16 heavy (non-hydrogen) atoms. The van der Waals surface area contributed by atoms with Crippen LogP contribution in [0.5, 0.6) is 0 Å². The van der Waals surface area contributed by atoms with Gasteiger partial charge in [-0.25, -0.2) is 9.18 Å². The van der Waals surface area contributed by atoms with Crippen LogP contribution in [0.1, 0.15) is 10.5 Å². The molecule has 0 aliphatic rings. The zero-order valence-corrected chi connectivity index (χ0v) is 12.6. The lowest BCUT2D eigenvalue weighted by molar-refractivity contribution is 0.0795. The molecule has 3 nitrogen and oxygen atoms in total. The van der Waals surface area contributed by atoms with Crippen molar-refractivity contribution in [1.29, 1.82) is 0 Å². The van der Waals surface area contributed by atoms with Crippen molar-refractivity contribution in [2.24, 2.45) is 0 Å². The molecule has 0 fully saturated rings. The molecule has 84 valence electrons. The van der Waals surface area contributed by atoms with Crippen LogP contribution in [-0.2, 0) is 3.07 Å². The van der Waals surface area contributed by atoms with Crippen LogP contribution in [0.2, 0.25) is 5.02 Å². The van der Waals surface area contributed by atoms with E-state index in [1.807, 2.05) is 22.6 Å². The second kappa shape index (κ2) is 4.65. The predicted octanol–water partition coefficient (Wildman–Crippen LogP) is 4.07. The largest absolute Gasteiger partial charge is 0.390 e. The van der Waals surface area contributed by atoms with Crippen molar-refractivity contribution in [3.63, 3.8) is 0 Å². The summed E-state index contributed by atoms with van der Waals surface area (Å²) in [6, 6.07) is 2.98. The fourth-order valence-corrected chi connectivity index (χ4v) is 2.67. The number of hydrogen-bond acceptors (Lipinski definition) is 2. The number of aromatic amines is 1. The number of halogens is 4. The zero-order valence-electron chi connectivity index (χ0n) is 7.48. The van der Waals surface area contributed by atoms with E-state index in [0.717, 1.165) is 0 Å². The molecule has 1 N–H and O–H groups in total. The van der Waals surface area contributed by atoms with E-state index < -0.39 is 11.8 Å². The lowest BCUT2D eigenvalue weighted by Crippen LogP contribution is -1.96. The minimum atomic E-state index is -0.510. The van der Waals surface area contributed by atoms with Gasteiger partial charge >= 0.3 is 5.97 Å². The van der Waals surface area contributed by atoms with Gasteiger partial charge in [-0.2, -0.15) is 0 Å². The van der Waals surface area contributed by atoms with E-state index in [1.54, 1.807) is 0 Å². The van der Waals surface area contributed by atoms with E-state index in [9.17, 15) is 9.18 Å². The first-order valence-corrected chi connectivity index (χ1v) is 6.37. The van der Waals surface area contributed by atoms with Crippen LogP contribution >= 0.6 is 57.2 Å². The average Bonchev–Trinajstić information content (AvgIpc) is 2.69. The van der Waals surface area contributed by atoms with Gasteiger partial charge in [-0.3, -0.25) is 0 Å². The number of carbonyl (C=O) groups excluding carboxylic acids is 1. The number of aromatic nitrogens is 1. The molecule has 0 bridgehead atoms. The summed E-state index contributed by atoms with van der Waals surface area (Å²) in [4.78, 5) is 14.1. The van der Waals surface area contributed by atoms with Gasteiger partial charge in [-0.05, 0) is 34.7 Å². The average molecular weight is 465 g/mol. The third-order valence-electron chi connectivity index (χ3n) is 2.05. The number of nitrogens with one attached hydrogen (secondary N) is 1. The Hall–Kier alpha value is -0.0900. The molecule has 1 heterocycles. The smallest absolute Gasteiger partial charge is 0.364 e. The Morgan fingerprint density at radius 3 is 2.81 bits per heavy atom. The van der Waals surface area contributed by atoms with Gasteiger partial charge < -0.3 is 8.05 Å². The highest BCUT2D eigenvalue weighted by Crippen LogP contribution is 2.29. The van der Waals surface area contributed by atoms with E-state index in [2.05, 4.69) is 8.05 Å². The number of fused-ring (bicyclic) bond motifs is 1. The highest BCUT2D eigenvalue weighted by molar-refractivity contribution is 14.1. The van der Waals surface area contributed by atoms with E-state index in [4.69, 9.17) is 11.6 Å². The molecule has 0 aliphatic carbocycles. The van der Waals surface area contributed by atoms with Crippen molar-refractivity contribution in [2.45, 2.75) is 0 Å². The maximum atomic E-state index is 13.5. The standard InChI is InChI=1S/C9H3ClFI2NO2/c10-4-2-5-3(8(12)7(4)11)1-6(14-5)9(15)16-13/h1-2,14H. The lowest BCUT2D eigenvalue weighted by Gasteiger charge is -1.98. The third-order valence-corrected chi connectivity index (χ3v) is 3.78. The first kappa shape index (κ1) is 12.4. The third kappa shape index (κ3) is 2.02. The van der Waals surface area contributed by atoms with Gasteiger partial charge in [-0.15, -0.1) is 0 Å². The Balaban J connectivity index is 2.71. The Kier molecular flexibility index (Phi) is 3.59. The Morgan fingerprint density at radius 2 is 2.19 bits per heavy atom. The second-order valence-corrected chi connectivity index (χ2v) is 4.92. The summed E-state index contributed by atoms with van der Waals surface area (Å²) in [5.74, 6) is -0.993. The molecule has 1 aromatic heterocycles. The summed E-state index contributed by atoms with van der Waals surface area (Å²) in [6.45, 7) is 0. The number of carbonyl (C=O) groups is 1. The van der Waals surface area contributed by atoms with Crippen molar-refractivity contribution in [3.8, 4) is 0 Å². The summed E-state index contributed by atoms with van der Waals surface area (Å²) in [5.41, 5.74) is 0.872. The van der Waals surface area contributed by atoms with Gasteiger partial charge in [0.1, 0.15) is 5.69 Å². The summed E-state index contributed by atoms with van der Waals surface area (Å²) < 4.78 is 18.4. The summed E-state index contributed by atoms with van der Waals surface area (Å²) in [6.07, 6.45) is 0. The maximum Gasteiger partial charge on any atom is 0.364 e. The normalized spacial score (nSPS) is 10.8. The topological polar surface area (TPSA) is 42.1 Å². The van der Waals surface area contributed by atoms with Gasteiger partial charge in [0, 0.05) is 10.9 Å². The molecule has 0 aliphatic heterocycles. The Labute approximate surface area is 123 Å². The van der Waals surface area contributed by atoms with Gasteiger partial charge in [0.2, 0.25) is 0 Å². The Morgan fingerprint density at radius 1 is 1.50 bits per heavy atom. The molecule has 0 unspecified atom stereocenters. The fraction of sp³-hybridized carbons (Fsp3) is 0. The first-order chi connectivity index (χ1) is 7.54. The first-order valence-electron chi connectivity index (χ1n) is 4.03. The lowest BCUT2D eigenvalue weighted by atomic mass is 10.2. The van der Waals surface area contributed by atoms with Crippen molar-refractivity contribution in [3.05, 3.63) is 32.2 Å². The zero-order chi connectivity index (χ0) is 11.9. The quantitative estimate of drug-likeness (QED) is 0.510. The summed E-state index contributed by atoms with van der Waals surface area (Å²) >= 11 is 9.03. The van der Waals surface area contributed by atoms with Crippen LogP contribution in [0.4, 0.5) is 4.39 Å². The van der Waals surface area contributed by atoms with Crippen LogP contribution in [0.3, 0.4) is 0 Å². The van der Waals surface area contributed by atoms with Crippen LogP contribution in [0, 0.1) is 9.39 Å². The highest BCUT2D eigenvalue weighted by Gasteiger charge is 2.16. The Bertz CT molecular complexity index is 584. The van der Waals surface area contributed by atoms with Crippen LogP contribution in [-0.4, -0.2) is 11.0 Å². The molecule has 0 saturated carbocycles. The molecule has 0 saturated heterocycles. The molecule has 0 radical (unpaired) electrons. The van der Waals surface area contributed by atoms with Gasteiger partial charge in [0.25, 0.3) is 0 Å². The molecule has 7 heteroatoms. The molecule has 2 aromatic rings. The van der Waals surface area contributed by atoms with E-state index >= 15 is 0 Å². The number of H-pyrrole nitrogens is 1. The number of benzene rings is 1. The minimum Gasteiger partial charge on any atom is -0.390 e. The van der Waals surface area contributed by atoms with E-state index in [-0.39, 0.29) is 10.7 Å². The number of hydrogen-bond donors (Lipinski definition) is 1. The van der Waals surface area contributed by atoms with Gasteiger partial charge in [-0.1, -0.05) is 11.6 Å². The molecular formula is C9H3ClFI2NO2. The number of rotatable bonds is 1. The maximum absolute atomic E-state index is 13.5. The van der Waals surface area contributed by atoms with Gasteiger partial charge in [0.15, 0.2) is 28.8 Å². The van der Waals surface area contributed by atoms with E-state index in [1.165, 1.54) is 35.1 Å². The monoisotopic (exact) mass is 465 g/mol. The highest BCUT2D eigenvalue weighted by atomic mass is 127. The van der Waals surface area contributed by atoms with Crippen molar-refractivity contribution in [2.75, 3.05) is 0 Å². The molecule has 0 amide bonds. The minimum absolute atomic E-state index is 0.0214. The SMILES string of the molecule is O=C(OI)c1cc2c(I)c(F)c(Cl)cc2[nH]1. The summed E-state index contributed by atoms with van der Waals surface area (Å²) in [5, 5.41) is 0.632. The molecule has 0 spiro atoms. The molecule has 2 rings (SSSR count). The van der Waals surface area contributed by atoms with Gasteiger partial charge in [0.05, 0.1) is 8.59 Å². The second-order valence-electron chi connectivity index (χ2n) is 3.00. The van der Waals surface area contributed by atoms with Crippen LogP contribution < -0.4 is 0 Å². The van der Waals surface area contributed by atoms with Crippen LogP contribution in [0.25, 0.3) is 10.9 Å². The van der Waals surface area contributed by atoms with Crippen LogP contribution in [0.15, 0.2) is 12.1 Å².